The van der Waals surface area contributed by atoms with Gasteiger partial charge in [0.15, 0.2) is 0 Å². The Bertz CT molecular complexity index is 134. The van der Waals surface area contributed by atoms with Crippen molar-refractivity contribution >= 4 is 5.97 Å². The average molecular weight is 174 g/mol. The molecule has 0 fully saturated rings. The maximum absolute atomic E-state index is 11.1. The molecule has 0 amide bonds. The number of ether oxygens (including phenoxy) is 2. The van der Waals surface area contributed by atoms with Crippen LogP contribution >= 0.6 is 0 Å². The van der Waals surface area contributed by atoms with E-state index in [2.05, 4.69) is 4.74 Å². The highest BCUT2D eigenvalue weighted by molar-refractivity contribution is 5.72. The molecule has 0 saturated carbocycles. The molecule has 0 radical (unpaired) electrons. The zero-order valence-corrected chi connectivity index (χ0v) is 8.29. The van der Waals surface area contributed by atoms with Crippen LogP contribution in [-0.2, 0) is 14.3 Å². The Kier molecular flexibility index (Phi) is 5.72. The van der Waals surface area contributed by atoms with E-state index in [0.717, 1.165) is 6.42 Å². The van der Waals surface area contributed by atoms with Gasteiger partial charge in [-0.15, -0.1) is 0 Å². The molecule has 0 saturated heterocycles. The first-order chi connectivity index (χ1) is 5.67. The molecule has 0 N–H and O–H groups in total. The van der Waals surface area contributed by atoms with Crippen LogP contribution in [0.15, 0.2) is 0 Å². The molecule has 72 valence electrons. The molecule has 0 bridgehead atoms. The number of hydrogen-bond donors (Lipinski definition) is 0. The summed E-state index contributed by atoms with van der Waals surface area (Å²) in [5.74, 6) is -0.366. The van der Waals surface area contributed by atoms with Gasteiger partial charge < -0.3 is 9.47 Å². The van der Waals surface area contributed by atoms with E-state index in [1.165, 1.54) is 7.11 Å². The fraction of sp³-hybridized carbons (Fsp3) is 0.889. The van der Waals surface area contributed by atoms with Crippen molar-refractivity contribution in [3.8, 4) is 0 Å². The number of hydrogen-bond acceptors (Lipinski definition) is 3. The zero-order chi connectivity index (χ0) is 9.56. The van der Waals surface area contributed by atoms with Gasteiger partial charge in [0.25, 0.3) is 0 Å². The van der Waals surface area contributed by atoms with Crippen LogP contribution in [0.5, 0.6) is 0 Å². The minimum Gasteiger partial charge on any atom is -0.469 e. The highest BCUT2D eigenvalue weighted by Gasteiger charge is 2.23. The molecule has 0 aromatic carbocycles. The highest BCUT2D eigenvalue weighted by atomic mass is 16.5. The first-order valence-electron chi connectivity index (χ1n) is 4.36. The molecule has 3 heteroatoms. The third-order valence-electron chi connectivity index (χ3n) is 1.91. The van der Waals surface area contributed by atoms with Gasteiger partial charge in [-0.3, -0.25) is 4.79 Å². The topological polar surface area (TPSA) is 35.5 Å². The lowest BCUT2D eigenvalue weighted by atomic mass is 10.0. The molecule has 0 aliphatic heterocycles. The van der Waals surface area contributed by atoms with Crippen LogP contribution < -0.4 is 0 Å². The maximum Gasteiger partial charge on any atom is 0.311 e. The van der Waals surface area contributed by atoms with E-state index in [-0.39, 0.29) is 18.0 Å². The van der Waals surface area contributed by atoms with Crippen molar-refractivity contribution in [1.82, 2.24) is 0 Å². The normalized spacial score (nSPS) is 15.3. The number of rotatable bonds is 5. The fourth-order valence-corrected chi connectivity index (χ4v) is 1.17. The molecule has 0 aliphatic carbocycles. The second-order valence-electron chi connectivity index (χ2n) is 2.71. The van der Waals surface area contributed by atoms with Gasteiger partial charge in [0, 0.05) is 6.61 Å². The van der Waals surface area contributed by atoms with Gasteiger partial charge >= 0.3 is 5.97 Å². The quantitative estimate of drug-likeness (QED) is 0.594. The third kappa shape index (κ3) is 3.22. The Morgan fingerprint density at radius 2 is 2.00 bits per heavy atom. The summed E-state index contributed by atoms with van der Waals surface area (Å²) in [6.45, 7) is 6.39. The summed E-state index contributed by atoms with van der Waals surface area (Å²) < 4.78 is 10.00. The van der Waals surface area contributed by atoms with E-state index in [1.807, 2.05) is 20.8 Å². The zero-order valence-electron chi connectivity index (χ0n) is 8.29. The predicted octanol–water partition coefficient (Wildman–Crippen LogP) is 1.61. The van der Waals surface area contributed by atoms with Crippen LogP contribution in [0.2, 0.25) is 0 Å². The second-order valence-corrected chi connectivity index (χ2v) is 2.71. The molecule has 0 spiro atoms. The van der Waals surface area contributed by atoms with E-state index < -0.39 is 0 Å². The smallest absolute Gasteiger partial charge is 0.311 e. The molecule has 3 nitrogen and oxygen atoms in total. The molecule has 0 aliphatic rings. The van der Waals surface area contributed by atoms with Gasteiger partial charge in [-0.25, -0.2) is 0 Å². The first-order valence-corrected chi connectivity index (χ1v) is 4.36. The van der Waals surface area contributed by atoms with E-state index in [1.54, 1.807) is 0 Å². The van der Waals surface area contributed by atoms with Gasteiger partial charge in [-0.2, -0.15) is 0 Å². The molecule has 12 heavy (non-hydrogen) atoms. The molecule has 0 aromatic rings. The Labute approximate surface area is 74.0 Å². The van der Waals surface area contributed by atoms with Crippen LogP contribution in [0, 0.1) is 5.92 Å². The monoisotopic (exact) mass is 174 g/mol. The first kappa shape index (κ1) is 11.4. The van der Waals surface area contributed by atoms with E-state index in [0.29, 0.717) is 6.61 Å². The lowest BCUT2D eigenvalue weighted by molar-refractivity contribution is -0.150. The van der Waals surface area contributed by atoms with Crippen LogP contribution in [0.25, 0.3) is 0 Å². The van der Waals surface area contributed by atoms with E-state index >= 15 is 0 Å². The summed E-state index contributed by atoms with van der Waals surface area (Å²) in [7, 11) is 1.40. The number of carbonyl (C=O) groups is 1. The van der Waals surface area contributed by atoms with Gasteiger partial charge in [-0.05, 0) is 20.3 Å². The minimum absolute atomic E-state index is 0.0116. The molecule has 2 atom stereocenters. The minimum atomic E-state index is -0.199. The van der Waals surface area contributed by atoms with E-state index in [9.17, 15) is 4.79 Å². The summed E-state index contributed by atoms with van der Waals surface area (Å²) in [6, 6.07) is 0. The lowest BCUT2D eigenvalue weighted by Crippen LogP contribution is -2.28. The largest absolute Gasteiger partial charge is 0.469 e. The van der Waals surface area contributed by atoms with E-state index in [4.69, 9.17) is 4.74 Å². The molecule has 0 aromatic heterocycles. The summed E-state index contributed by atoms with van der Waals surface area (Å²) in [4.78, 5) is 11.1. The molecule has 0 heterocycles. The van der Waals surface area contributed by atoms with Crippen molar-refractivity contribution in [1.29, 1.82) is 0 Å². The van der Waals surface area contributed by atoms with Crippen molar-refractivity contribution < 1.29 is 14.3 Å². The van der Waals surface area contributed by atoms with Gasteiger partial charge in [0.1, 0.15) is 0 Å². The van der Waals surface area contributed by atoms with Crippen molar-refractivity contribution in [2.45, 2.75) is 33.3 Å². The van der Waals surface area contributed by atoms with Crippen molar-refractivity contribution in [3.05, 3.63) is 0 Å². The Morgan fingerprint density at radius 3 is 2.33 bits per heavy atom. The molecule has 0 rings (SSSR count). The van der Waals surface area contributed by atoms with Gasteiger partial charge in [0.05, 0.1) is 19.1 Å². The average Bonchev–Trinajstić information content (AvgIpc) is 2.11. The summed E-state index contributed by atoms with van der Waals surface area (Å²) in [6.07, 6.45) is 0.826. The van der Waals surface area contributed by atoms with Crippen LogP contribution in [0.1, 0.15) is 27.2 Å². The summed E-state index contributed by atoms with van der Waals surface area (Å²) >= 11 is 0. The molecular weight excluding hydrogens is 156 g/mol. The van der Waals surface area contributed by atoms with Gasteiger partial charge in [-0.1, -0.05) is 6.92 Å². The predicted molar refractivity (Wildman–Crippen MR) is 46.9 cm³/mol. The van der Waals surface area contributed by atoms with Crippen molar-refractivity contribution in [2.75, 3.05) is 13.7 Å². The van der Waals surface area contributed by atoms with Crippen LogP contribution in [0.3, 0.4) is 0 Å². The number of esters is 1. The second kappa shape index (κ2) is 6.00. The van der Waals surface area contributed by atoms with Crippen molar-refractivity contribution in [3.63, 3.8) is 0 Å². The number of carbonyl (C=O) groups excluding carboxylic acids is 1. The number of methoxy groups -OCH3 is 1. The molecule has 2 unspecified atom stereocenters. The Hall–Kier alpha value is -0.570. The SMILES string of the molecule is CCOC(CC)C(C)C(=O)OC. The van der Waals surface area contributed by atoms with Gasteiger partial charge in [0.2, 0.25) is 0 Å². The lowest BCUT2D eigenvalue weighted by Gasteiger charge is -2.20. The van der Waals surface area contributed by atoms with Crippen LogP contribution in [0.4, 0.5) is 0 Å². The third-order valence-corrected chi connectivity index (χ3v) is 1.91. The standard InChI is InChI=1S/C9H18O3/c1-5-8(12-6-2)7(3)9(10)11-4/h7-8H,5-6H2,1-4H3. The maximum atomic E-state index is 11.1. The highest BCUT2D eigenvalue weighted by Crippen LogP contribution is 2.12. The summed E-state index contributed by atoms with van der Waals surface area (Å²) in [5, 5.41) is 0. The molecular formula is C9H18O3. The van der Waals surface area contributed by atoms with Crippen LogP contribution in [-0.4, -0.2) is 25.8 Å². The van der Waals surface area contributed by atoms with Crippen molar-refractivity contribution in [2.24, 2.45) is 5.92 Å². The summed E-state index contributed by atoms with van der Waals surface area (Å²) in [5.41, 5.74) is 0. The fourth-order valence-electron chi connectivity index (χ4n) is 1.17. The Balaban J connectivity index is 4.00. The Morgan fingerprint density at radius 1 is 1.42 bits per heavy atom.